The second-order valence-corrected chi connectivity index (χ2v) is 9.38. The number of benzene rings is 3. The van der Waals surface area contributed by atoms with Crippen molar-refractivity contribution in [1.82, 2.24) is 4.90 Å². The number of anilines is 1. The van der Waals surface area contributed by atoms with Gasteiger partial charge >= 0.3 is 0 Å². The van der Waals surface area contributed by atoms with E-state index in [-0.39, 0.29) is 11.6 Å². The Morgan fingerprint density at radius 2 is 1.51 bits per heavy atom. The van der Waals surface area contributed by atoms with Gasteiger partial charge in [-0.1, -0.05) is 41.9 Å². The average molecular weight is 492 g/mol. The first-order valence-corrected chi connectivity index (χ1v) is 12.2. The van der Waals surface area contributed by atoms with Crippen molar-refractivity contribution in [3.05, 3.63) is 105 Å². The largest absolute Gasteiger partial charge is 0.342 e. The molecule has 7 nitrogen and oxygen atoms in total. The van der Waals surface area contributed by atoms with Crippen molar-refractivity contribution in [3.8, 4) is 0 Å². The molecular formula is C27H26ClN3O4. The minimum atomic E-state index is -0.605. The number of hydrogen-bond acceptors (Lipinski definition) is 5. The maximum atomic E-state index is 14.1. The van der Waals surface area contributed by atoms with Crippen LogP contribution in [0.1, 0.15) is 42.5 Å². The number of nitro benzene ring substituents is 1. The molecule has 0 radical (unpaired) electrons. The summed E-state index contributed by atoms with van der Waals surface area (Å²) in [5.74, 6) is -0.512. The second kappa shape index (κ2) is 10.1. The molecule has 0 saturated carbocycles. The third-order valence-electron chi connectivity index (χ3n) is 6.75. The molecule has 0 aliphatic carbocycles. The van der Waals surface area contributed by atoms with Crippen molar-refractivity contribution in [2.45, 2.75) is 31.4 Å². The number of nitro groups is 1. The van der Waals surface area contributed by atoms with E-state index in [9.17, 15) is 14.9 Å². The Morgan fingerprint density at radius 3 is 2.14 bits per heavy atom. The summed E-state index contributed by atoms with van der Waals surface area (Å²) >= 11 is 6.18. The van der Waals surface area contributed by atoms with Gasteiger partial charge < -0.3 is 4.90 Å². The van der Waals surface area contributed by atoms with E-state index in [1.807, 2.05) is 64.6 Å². The van der Waals surface area contributed by atoms with Crippen LogP contribution in [0.2, 0.25) is 5.02 Å². The molecule has 2 saturated heterocycles. The van der Waals surface area contributed by atoms with Crippen molar-refractivity contribution in [2.24, 2.45) is 5.92 Å². The van der Waals surface area contributed by atoms with Crippen molar-refractivity contribution < 1.29 is 14.6 Å². The number of hydrogen-bond donors (Lipinski definition) is 0. The maximum Gasteiger partial charge on any atom is 0.269 e. The Kier molecular flexibility index (Phi) is 6.70. The van der Waals surface area contributed by atoms with E-state index in [0.717, 1.165) is 49.2 Å². The number of halogens is 1. The summed E-state index contributed by atoms with van der Waals surface area (Å²) in [6.07, 6.45) is 2.48. The first kappa shape index (κ1) is 23.3. The van der Waals surface area contributed by atoms with E-state index in [4.69, 9.17) is 16.4 Å². The van der Waals surface area contributed by atoms with Crippen LogP contribution in [0.25, 0.3) is 0 Å². The van der Waals surface area contributed by atoms with Gasteiger partial charge in [-0.15, -0.1) is 0 Å². The number of amides is 1. The van der Waals surface area contributed by atoms with E-state index in [1.54, 1.807) is 12.1 Å². The lowest BCUT2D eigenvalue weighted by molar-refractivity contribution is -0.384. The van der Waals surface area contributed by atoms with Gasteiger partial charge in [0.2, 0.25) is 5.91 Å². The SMILES string of the molecule is O=C([C@H]1[C@H](c2ccc([N+](=O)[O-])cc2)ON(c2ccccc2)[C@H]1c1ccc(Cl)cc1)N1CCCCC1. The third kappa shape index (κ3) is 4.74. The molecule has 0 spiro atoms. The molecule has 0 aromatic heterocycles. The Balaban J connectivity index is 1.61. The van der Waals surface area contributed by atoms with Crippen LogP contribution in [0.15, 0.2) is 78.9 Å². The molecule has 0 unspecified atom stereocenters. The van der Waals surface area contributed by atoms with E-state index < -0.39 is 23.0 Å². The summed E-state index contributed by atoms with van der Waals surface area (Å²) < 4.78 is 0. The van der Waals surface area contributed by atoms with Crippen LogP contribution < -0.4 is 5.06 Å². The lowest BCUT2D eigenvalue weighted by Crippen LogP contribution is -2.42. The Bertz CT molecular complexity index is 1180. The molecular weight excluding hydrogens is 466 g/mol. The number of likely N-dealkylation sites (tertiary alicyclic amines) is 1. The number of nitrogens with zero attached hydrogens (tertiary/aromatic N) is 3. The minimum absolute atomic E-state index is 0.000166. The summed E-state index contributed by atoms with van der Waals surface area (Å²) in [5, 5.41) is 13.6. The highest BCUT2D eigenvalue weighted by molar-refractivity contribution is 6.30. The van der Waals surface area contributed by atoms with Crippen LogP contribution in [0.3, 0.4) is 0 Å². The highest BCUT2D eigenvalue weighted by atomic mass is 35.5. The molecule has 1 amide bonds. The van der Waals surface area contributed by atoms with E-state index in [1.165, 1.54) is 12.1 Å². The van der Waals surface area contributed by atoms with Crippen LogP contribution in [-0.2, 0) is 9.63 Å². The molecule has 2 aliphatic rings. The number of rotatable bonds is 5. The summed E-state index contributed by atoms with van der Waals surface area (Å²) in [6.45, 7) is 1.45. The standard InChI is InChI=1S/C27H26ClN3O4/c28-21-13-9-19(10-14-21)25-24(27(32)29-17-5-2-6-18-29)26(20-11-15-23(16-12-20)31(33)34)35-30(25)22-7-3-1-4-8-22/h1,3-4,7-16,24-26H,2,5-6,17-18H2/t24-,25+,26+/m1/s1. The topological polar surface area (TPSA) is 75.9 Å². The van der Waals surface area contributed by atoms with Gasteiger partial charge in [0, 0.05) is 30.2 Å². The Morgan fingerprint density at radius 1 is 0.886 bits per heavy atom. The van der Waals surface area contributed by atoms with Gasteiger partial charge in [0.15, 0.2) is 0 Å². The van der Waals surface area contributed by atoms with Gasteiger partial charge in [0.25, 0.3) is 5.69 Å². The van der Waals surface area contributed by atoms with Crippen molar-refractivity contribution in [3.63, 3.8) is 0 Å². The van der Waals surface area contributed by atoms with E-state index in [2.05, 4.69) is 0 Å². The lowest BCUT2D eigenvalue weighted by atomic mass is 9.84. The van der Waals surface area contributed by atoms with Gasteiger partial charge in [-0.05, 0) is 66.8 Å². The molecule has 8 heteroatoms. The number of piperidine rings is 1. The quantitative estimate of drug-likeness (QED) is 0.318. The number of carbonyl (C=O) groups is 1. The van der Waals surface area contributed by atoms with Crippen LogP contribution in [0, 0.1) is 16.0 Å². The van der Waals surface area contributed by atoms with Gasteiger partial charge in [0.05, 0.1) is 22.6 Å². The maximum absolute atomic E-state index is 14.1. The van der Waals surface area contributed by atoms with Crippen LogP contribution >= 0.6 is 11.6 Å². The van der Waals surface area contributed by atoms with E-state index >= 15 is 0 Å². The summed E-state index contributed by atoms with van der Waals surface area (Å²) in [5.41, 5.74) is 2.47. The molecule has 2 heterocycles. The molecule has 35 heavy (non-hydrogen) atoms. The molecule has 3 aromatic rings. The van der Waals surface area contributed by atoms with Crippen LogP contribution in [0.4, 0.5) is 11.4 Å². The number of carbonyl (C=O) groups excluding carboxylic acids is 1. The lowest BCUT2D eigenvalue weighted by Gasteiger charge is -2.33. The zero-order valence-electron chi connectivity index (χ0n) is 19.1. The van der Waals surface area contributed by atoms with Gasteiger partial charge in [-0.2, -0.15) is 0 Å². The number of non-ortho nitro benzene ring substituents is 1. The van der Waals surface area contributed by atoms with Crippen molar-refractivity contribution in [2.75, 3.05) is 18.2 Å². The van der Waals surface area contributed by atoms with Crippen LogP contribution in [-0.4, -0.2) is 28.8 Å². The monoisotopic (exact) mass is 491 g/mol. The van der Waals surface area contributed by atoms with Crippen LogP contribution in [0.5, 0.6) is 0 Å². The zero-order valence-corrected chi connectivity index (χ0v) is 19.9. The molecule has 0 N–H and O–H groups in total. The second-order valence-electron chi connectivity index (χ2n) is 8.94. The fourth-order valence-electron chi connectivity index (χ4n) is 5.01. The fourth-order valence-corrected chi connectivity index (χ4v) is 5.13. The molecule has 2 fully saturated rings. The predicted molar refractivity (Wildman–Crippen MR) is 134 cm³/mol. The highest BCUT2D eigenvalue weighted by Crippen LogP contribution is 2.50. The number of para-hydroxylation sites is 1. The van der Waals surface area contributed by atoms with Gasteiger partial charge in [-0.3, -0.25) is 19.7 Å². The van der Waals surface area contributed by atoms with E-state index in [0.29, 0.717) is 5.02 Å². The van der Waals surface area contributed by atoms with Gasteiger partial charge in [0.1, 0.15) is 6.10 Å². The molecule has 180 valence electrons. The zero-order chi connectivity index (χ0) is 24.4. The Labute approximate surface area is 209 Å². The van der Waals surface area contributed by atoms with Crippen molar-refractivity contribution in [1.29, 1.82) is 0 Å². The molecule has 2 aliphatic heterocycles. The molecule has 3 atom stereocenters. The normalized spacial score (nSPS) is 22.3. The number of hydroxylamine groups is 1. The fraction of sp³-hybridized carbons (Fsp3) is 0.296. The Hall–Kier alpha value is -3.42. The average Bonchev–Trinajstić information content (AvgIpc) is 3.30. The minimum Gasteiger partial charge on any atom is -0.342 e. The first-order chi connectivity index (χ1) is 17.0. The van der Waals surface area contributed by atoms with Crippen molar-refractivity contribution >= 4 is 28.9 Å². The van der Waals surface area contributed by atoms with Gasteiger partial charge in [-0.25, -0.2) is 5.06 Å². The summed E-state index contributed by atoms with van der Waals surface area (Å²) in [7, 11) is 0. The molecule has 5 rings (SSSR count). The third-order valence-corrected chi connectivity index (χ3v) is 7.01. The first-order valence-electron chi connectivity index (χ1n) is 11.8. The smallest absolute Gasteiger partial charge is 0.269 e. The summed E-state index contributed by atoms with van der Waals surface area (Å²) in [6, 6.07) is 23.1. The highest BCUT2D eigenvalue weighted by Gasteiger charge is 2.50. The molecule has 3 aromatic carbocycles. The predicted octanol–water partition coefficient (Wildman–Crippen LogP) is 6.11. The summed E-state index contributed by atoms with van der Waals surface area (Å²) in [4.78, 5) is 33.3. The molecule has 0 bridgehead atoms.